The van der Waals surface area contributed by atoms with E-state index < -0.39 is 23.4 Å². The van der Waals surface area contributed by atoms with Gasteiger partial charge < -0.3 is 4.90 Å². The molecule has 150 valence electrons. The molecule has 1 saturated heterocycles. The molecule has 0 radical (unpaired) electrons. The van der Waals surface area contributed by atoms with Crippen LogP contribution in [0, 0.1) is 28.1 Å². The molecule has 0 aliphatic carbocycles. The summed E-state index contributed by atoms with van der Waals surface area (Å²) in [6.07, 6.45) is 3.81. The molecule has 2 aromatic carbocycles. The zero-order chi connectivity index (χ0) is 21.6. The second kappa shape index (κ2) is 7.39. The summed E-state index contributed by atoms with van der Waals surface area (Å²) in [7, 11) is 0. The van der Waals surface area contributed by atoms with E-state index in [0.29, 0.717) is 15.5 Å². The maximum atomic E-state index is 13.9. The van der Waals surface area contributed by atoms with Gasteiger partial charge in [-0.1, -0.05) is 66.2 Å². The van der Waals surface area contributed by atoms with Gasteiger partial charge in [-0.2, -0.15) is 10.5 Å². The number of anilines is 1. The van der Waals surface area contributed by atoms with E-state index in [9.17, 15) is 15.3 Å². The van der Waals surface area contributed by atoms with E-state index in [1.165, 1.54) is 11.3 Å². The monoisotopic (exact) mass is 441 g/mol. The van der Waals surface area contributed by atoms with Crippen LogP contribution < -0.4 is 4.90 Å². The molecule has 0 N–H and O–H groups in total. The smallest absolute Gasteiger partial charge is 0.195 e. The van der Waals surface area contributed by atoms with Crippen LogP contribution >= 0.6 is 22.9 Å². The highest BCUT2D eigenvalue weighted by Crippen LogP contribution is 2.56. The maximum Gasteiger partial charge on any atom is 0.195 e. The van der Waals surface area contributed by atoms with Gasteiger partial charge in [0.25, 0.3) is 0 Å². The number of hydrogen-bond acceptors (Lipinski definition) is 5. The molecular weight excluding hydrogens is 426 g/mol. The standard InChI is InChI=1S/C25H16ClN3OS/c26-18-8-3-2-7-17(18)22-23(24(30)20-10-5-13-31-20)29-19-9-4-1-6-16(19)11-12-21(29)25(22,14-27)15-28/h1-13,21-23H/t21-,22-,23+/m0/s1. The van der Waals surface area contributed by atoms with Crippen molar-refractivity contribution in [3.63, 3.8) is 0 Å². The van der Waals surface area contributed by atoms with Gasteiger partial charge in [0.15, 0.2) is 11.2 Å². The SMILES string of the molecule is N#CC1(C#N)[C@@H]2C=Cc3ccccc3N2[C@@H](C(=O)c2cccs2)[C@@H]1c1ccccc1Cl. The maximum absolute atomic E-state index is 13.9. The van der Waals surface area contributed by atoms with E-state index in [-0.39, 0.29) is 5.78 Å². The zero-order valence-electron chi connectivity index (χ0n) is 16.3. The highest BCUT2D eigenvalue weighted by Gasteiger charge is 2.63. The Bertz CT molecular complexity index is 1270. The molecule has 6 heteroatoms. The number of thiophene rings is 1. The molecule has 5 rings (SSSR count). The summed E-state index contributed by atoms with van der Waals surface area (Å²) in [6.45, 7) is 0. The third-order valence-electron chi connectivity index (χ3n) is 6.19. The number of carbonyl (C=O) groups is 1. The second-order valence-electron chi connectivity index (χ2n) is 7.65. The lowest BCUT2D eigenvalue weighted by molar-refractivity contribution is 0.0955. The van der Waals surface area contributed by atoms with Crippen LogP contribution in [0.2, 0.25) is 5.02 Å². The zero-order valence-corrected chi connectivity index (χ0v) is 17.8. The van der Waals surface area contributed by atoms with Crippen molar-refractivity contribution >= 4 is 40.5 Å². The van der Waals surface area contributed by atoms with Crippen molar-refractivity contribution in [2.75, 3.05) is 4.90 Å². The summed E-state index contributed by atoms with van der Waals surface area (Å²) in [5, 5.41) is 23.0. The first-order chi connectivity index (χ1) is 15.1. The topological polar surface area (TPSA) is 67.9 Å². The fraction of sp³-hybridized carbons (Fsp3) is 0.160. The van der Waals surface area contributed by atoms with E-state index >= 15 is 0 Å². The molecule has 0 unspecified atom stereocenters. The molecule has 4 nitrogen and oxygen atoms in total. The van der Waals surface area contributed by atoms with Gasteiger partial charge in [-0.25, -0.2) is 0 Å². The predicted molar refractivity (Wildman–Crippen MR) is 122 cm³/mol. The number of benzene rings is 2. The molecule has 2 aliphatic heterocycles. The fourth-order valence-electron chi connectivity index (χ4n) is 4.87. The molecule has 3 aromatic rings. The number of rotatable bonds is 3. The number of halogens is 1. The van der Waals surface area contributed by atoms with Crippen LogP contribution in [0.25, 0.3) is 6.08 Å². The largest absolute Gasteiger partial charge is 0.351 e. The van der Waals surface area contributed by atoms with E-state index in [1.807, 2.05) is 64.9 Å². The Morgan fingerprint density at radius 1 is 1.03 bits per heavy atom. The molecule has 0 bridgehead atoms. The summed E-state index contributed by atoms with van der Waals surface area (Å²) in [4.78, 5) is 16.4. The first-order valence-corrected chi connectivity index (χ1v) is 11.1. The van der Waals surface area contributed by atoms with Crippen LogP contribution in [-0.2, 0) is 0 Å². The van der Waals surface area contributed by atoms with Crippen LogP contribution in [0.4, 0.5) is 5.69 Å². The van der Waals surface area contributed by atoms with Gasteiger partial charge in [-0.15, -0.1) is 11.3 Å². The minimum atomic E-state index is -1.48. The lowest BCUT2D eigenvalue weighted by Gasteiger charge is -2.35. The molecule has 0 amide bonds. The number of fused-ring (bicyclic) bond motifs is 3. The number of ketones is 1. The Labute approximate surface area is 189 Å². The van der Waals surface area contributed by atoms with E-state index in [1.54, 1.807) is 18.2 Å². The first kappa shape index (κ1) is 19.6. The Hall–Kier alpha value is -3.38. The van der Waals surface area contributed by atoms with Crippen LogP contribution in [0.15, 0.2) is 72.1 Å². The number of para-hydroxylation sites is 1. The molecular formula is C25H16ClN3OS. The summed E-state index contributed by atoms with van der Waals surface area (Å²) < 4.78 is 0. The van der Waals surface area contributed by atoms with E-state index in [4.69, 9.17) is 11.6 Å². The highest BCUT2D eigenvalue weighted by molar-refractivity contribution is 7.12. The fourth-order valence-corrected chi connectivity index (χ4v) is 5.82. The molecule has 0 spiro atoms. The van der Waals surface area contributed by atoms with Gasteiger partial charge in [0.05, 0.1) is 23.1 Å². The first-order valence-electron chi connectivity index (χ1n) is 9.82. The van der Waals surface area contributed by atoms with Gasteiger partial charge >= 0.3 is 0 Å². The van der Waals surface area contributed by atoms with Gasteiger partial charge in [-0.05, 0) is 34.7 Å². The van der Waals surface area contributed by atoms with Gasteiger partial charge in [0.2, 0.25) is 0 Å². The van der Waals surface area contributed by atoms with Crippen molar-refractivity contribution in [1.29, 1.82) is 10.5 Å². The lowest BCUT2D eigenvalue weighted by Crippen LogP contribution is -2.44. The second-order valence-corrected chi connectivity index (χ2v) is 9.00. The van der Waals surface area contributed by atoms with Gasteiger partial charge in [0.1, 0.15) is 6.04 Å². The summed E-state index contributed by atoms with van der Waals surface area (Å²) >= 11 is 7.94. The van der Waals surface area contributed by atoms with Crippen molar-refractivity contribution in [2.45, 2.75) is 18.0 Å². The van der Waals surface area contributed by atoms with Gasteiger partial charge in [0, 0.05) is 16.6 Å². The highest BCUT2D eigenvalue weighted by atomic mass is 35.5. The Balaban J connectivity index is 1.82. The summed E-state index contributed by atoms with van der Waals surface area (Å²) in [5.74, 6) is -0.825. The van der Waals surface area contributed by atoms with E-state index in [0.717, 1.165) is 11.3 Å². The molecule has 1 fully saturated rings. The Morgan fingerprint density at radius 3 is 2.48 bits per heavy atom. The average Bonchev–Trinajstić information content (AvgIpc) is 3.44. The number of nitrogens with zero attached hydrogens (tertiary/aromatic N) is 3. The van der Waals surface area contributed by atoms with Crippen molar-refractivity contribution in [1.82, 2.24) is 0 Å². The number of nitriles is 2. The minimum absolute atomic E-state index is 0.109. The van der Waals surface area contributed by atoms with Crippen LogP contribution in [-0.4, -0.2) is 17.9 Å². The lowest BCUT2D eigenvalue weighted by atomic mass is 9.69. The number of carbonyl (C=O) groups excluding carboxylic acids is 1. The molecule has 31 heavy (non-hydrogen) atoms. The van der Waals surface area contributed by atoms with Crippen molar-refractivity contribution in [3.8, 4) is 12.1 Å². The Kier molecular flexibility index (Phi) is 4.67. The number of hydrogen-bond donors (Lipinski definition) is 0. The van der Waals surface area contributed by atoms with Crippen molar-refractivity contribution in [2.24, 2.45) is 5.41 Å². The summed E-state index contributed by atoms with van der Waals surface area (Å²) in [5.41, 5.74) is 0.955. The number of Topliss-reactive ketones (excluding diaryl/α,β-unsaturated/α-hetero) is 1. The summed E-state index contributed by atoms with van der Waals surface area (Å²) in [6, 6.07) is 21.9. The normalized spacial score (nSPS) is 22.8. The average molecular weight is 442 g/mol. The van der Waals surface area contributed by atoms with Crippen molar-refractivity contribution < 1.29 is 4.79 Å². The Morgan fingerprint density at radius 2 is 1.77 bits per heavy atom. The quantitative estimate of drug-likeness (QED) is 0.490. The molecule has 3 atom stereocenters. The predicted octanol–water partition coefficient (Wildman–Crippen LogP) is 5.69. The van der Waals surface area contributed by atoms with Gasteiger partial charge in [-0.3, -0.25) is 4.79 Å². The van der Waals surface area contributed by atoms with Crippen LogP contribution in [0.3, 0.4) is 0 Å². The molecule has 1 aromatic heterocycles. The third-order valence-corrected chi connectivity index (χ3v) is 7.42. The molecule has 0 saturated carbocycles. The van der Waals surface area contributed by atoms with Crippen LogP contribution in [0.5, 0.6) is 0 Å². The van der Waals surface area contributed by atoms with E-state index in [2.05, 4.69) is 12.1 Å². The molecule has 2 aliphatic rings. The molecule has 3 heterocycles. The third kappa shape index (κ3) is 2.75. The van der Waals surface area contributed by atoms with Crippen LogP contribution in [0.1, 0.15) is 26.7 Å². The van der Waals surface area contributed by atoms with Crippen molar-refractivity contribution in [3.05, 3.63) is 93.1 Å². The minimum Gasteiger partial charge on any atom is -0.351 e.